The molecule has 0 saturated heterocycles. The first-order chi connectivity index (χ1) is 13.4. The van der Waals surface area contributed by atoms with Crippen LogP contribution in [0.4, 0.5) is 0 Å². The molecule has 0 bridgehead atoms. The first-order valence-corrected chi connectivity index (χ1v) is 9.04. The number of amides is 1. The van der Waals surface area contributed by atoms with Gasteiger partial charge in [-0.2, -0.15) is 0 Å². The van der Waals surface area contributed by atoms with E-state index in [1.54, 1.807) is 18.2 Å². The zero-order chi connectivity index (χ0) is 20.3. The monoisotopic (exact) mass is 417 g/mol. The number of fused-ring (bicyclic) bond motifs is 1. The Morgan fingerprint density at radius 1 is 1.25 bits per heavy atom. The van der Waals surface area contributed by atoms with Crippen LogP contribution in [0.25, 0.3) is 10.9 Å². The summed E-state index contributed by atoms with van der Waals surface area (Å²) < 4.78 is 5.91. The van der Waals surface area contributed by atoms with E-state index in [1.165, 1.54) is 25.3 Å². The fourth-order valence-corrected chi connectivity index (χ4v) is 3.14. The molecule has 0 atom stereocenters. The van der Waals surface area contributed by atoms with Gasteiger partial charge in [-0.1, -0.05) is 29.8 Å². The Hall–Kier alpha value is -2.97. The van der Waals surface area contributed by atoms with E-state index in [0.717, 1.165) is 10.1 Å². The van der Waals surface area contributed by atoms with Crippen molar-refractivity contribution in [3.8, 4) is 0 Å². The fraction of sp³-hybridized carbons (Fsp3) is 0.158. The van der Waals surface area contributed by atoms with Gasteiger partial charge in [-0.25, -0.2) is 4.79 Å². The van der Waals surface area contributed by atoms with E-state index in [9.17, 15) is 14.4 Å². The summed E-state index contributed by atoms with van der Waals surface area (Å²) in [6.07, 6.45) is 0. The van der Waals surface area contributed by atoms with Crippen molar-refractivity contribution in [3.63, 3.8) is 0 Å². The number of halogens is 1. The predicted octanol–water partition coefficient (Wildman–Crippen LogP) is 2.82. The molecule has 7 nitrogen and oxygen atoms in total. The van der Waals surface area contributed by atoms with E-state index in [1.807, 2.05) is 6.07 Å². The molecular formula is C19H16ClN3O4S. The van der Waals surface area contributed by atoms with Gasteiger partial charge >= 0.3 is 5.97 Å². The zero-order valence-corrected chi connectivity index (χ0v) is 16.4. The summed E-state index contributed by atoms with van der Waals surface area (Å²) in [7, 11) is 1.27. The molecule has 0 aliphatic rings. The minimum absolute atomic E-state index is 0.0763. The lowest BCUT2D eigenvalue weighted by Crippen LogP contribution is -2.33. The molecule has 0 radical (unpaired) electrons. The molecule has 3 aromatic rings. The number of carbonyl (C=O) groups is 2. The third-order valence-corrected chi connectivity index (χ3v) is 4.83. The van der Waals surface area contributed by atoms with Gasteiger partial charge in [-0.15, -0.1) is 0 Å². The quantitative estimate of drug-likeness (QED) is 0.492. The van der Waals surface area contributed by atoms with Gasteiger partial charge in [0.2, 0.25) is 5.91 Å². The molecule has 0 aliphatic carbocycles. The second kappa shape index (κ2) is 8.37. The van der Waals surface area contributed by atoms with Crippen LogP contribution in [-0.4, -0.2) is 28.5 Å². The number of nitrogens with one attached hydrogen (secondary N) is 2. The van der Waals surface area contributed by atoms with Gasteiger partial charge in [0.05, 0.1) is 23.6 Å². The van der Waals surface area contributed by atoms with Crippen LogP contribution in [0.15, 0.2) is 47.3 Å². The van der Waals surface area contributed by atoms with Crippen molar-refractivity contribution in [3.05, 3.63) is 73.7 Å². The molecule has 1 aromatic heterocycles. The minimum atomic E-state index is -0.524. The molecule has 0 aliphatic heterocycles. The number of rotatable bonds is 5. The molecule has 0 spiro atoms. The Morgan fingerprint density at radius 2 is 2.00 bits per heavy atom. The second-order valence-corrected chi connectivity index (χ2v) is 6.74. The van der Waals surface area contributed by atoms with Crippen molar-refractivity contribution in [2.45, 2.75) is 13.1 Å². The summed E-state index contributed by atoms with van der Waals surface area (Å²) in [4.78, 5) is 39.5. The molecule has 28 heavy (non-hydrogen) atoms. The van der Waals surface area contributed by atoms with Crippen molar-refractivity contribution in [1.29, 1.82) is 0 Å². The summed E-state index contributed by atoms with van der Waals surface area (Å²) in [5, 5.41) is 3.57. The number of benzene rings is 2. The zero-order valence-electron chi connectivity index (χ0n) is 14.8. The number of hydrogen-bond donors (Lipinski definition) is 2. The molecule has 2 aromatic carbocycles. The van der Waals surface area contributed by atoms with E-state index in [0.29, 0.717) is 15.9 Å². The number of carbonyl (C=O) groups excluding carboxylic acids is 2. The number of aromatic nitrogens is 2. The number of hydrogen-bond acceptors (Lipinski definition) is 5. The largest absolute Gasteiger partial charge is 0.465 e. The number of esters is 1. The van der Waals surface area contributed by atoms with E-state index in [2.05, 4.69) is 15.0 Å². The molecule has 1 amide bonds. The van der Waals surface area contributed by atoms with Crippen LogP contribution in [0.5, 0.6) is 0 Å². The normalized spacial score (nSPS) is 10.6. The first kappa shape index (κ1) is 19.8. The third-order valence-electron chi connectivity index (χ3n) is 4.14. The molecule has 2 N–H and O–H groups in total. The van der Waals surface area contributed by atoms with Gasteiger partial charge in [0.25, 0.3) is 5.56 Å². The van der Waals surface area contributed by atoms with Crippen molar-refractivity contribution >= 4 is 46.6 Å². The Morgan fingerprint density at radius 3 is 2.71 bits per heavy atom. The van der Waals surface area contributed by atoms with Gasteiger partial charge in [0.15, 0.2) is 4.77 Å². The SMILES string of the molecule is COC(=O)c1ccc2c(=O)n(CC(=O)NCc3ccccc3Cl)c(=S)[nH]c2c1. The summed E-state index contributed by atoms with van der Waals surface area (Å²) in [6.45, 7) is -0.00683. The first-order valence-electron chi connectivity index (χ1n) is 8.26. The summed E-state index contributed by atoms with van der Waals surface area (Å²) >= 11 is 11.3. The molecule has 9 heteroatoms. The lowest BCUT2D eigenvalue weighted by atomic mass is 10.1. The summed E-state index contributed by atoms with van der Waals surface area (Å²) in [5.41, 5.74) is 1.02. The van der Waals surface area contributed by atoms with Crippen LogP contribution in [0.3, 0.4) is 0 Å². The molecule has 3 rings (SSSR count). The van der Waals surface area contributed by atoms with Crippen LogP contribution in [-0.2, 0) is 22.6 Å². The molecule has 0 saturated carbocycles. The molecule has 0 unspecified atom stereocenters. The van der Waals surface area contributed by atoms with E-state index >= 15 is 0 Å². The molecule has 0 fully saturated rings. The summed E-state index contributed by atoms with van der Waals surface area (Å²) in [6, 6.07) is 11.6. The number of aromatic amines is 1. The third kappa shape index (κ3) is 4.13. The molecule has 1 heterocycles. The maximum Gasteiger partial charge on any atom is 0.337 e. The Balaban J connectivity index is 1.84. The Kier molecular flexibility index (Phi) is 5.91. The van der Waals surface area contributed by atoms with Crippen LogP contribution in [0.2, 0.25) is 5.02 Å². The highest BCUT2D eigenvalue weighted by Gasteiger charge is 2.12. The van der Waals surface area contributed by atoms with E-state index < -0.39 is 11.5 Å². The van der Waals surface area contributed by atoms with E-state index in [-0.39, 0.29) is 29.3 Å². The van der Waals surface area contributed by atoms with Gasteiger partial charge < -0.3 is 15.0 Å². The van der Waals surface area contributed by atoms with Crippen LogP contribution >= 0.6 is 23.8 Å². The standard InChI is InChI=1S/C19H16ClN3O4S/c1-27-18(26)11-6-7-13-15(8-11)22-19(28)23(17(13)25)10-16(24)21-9-12-4-2-3-5-14(12)20/h2-8H,9-10H2,1H3,(H,21,24)(H,22,28). The van der Waals surface area contributed by atoms with Crippen LogP contribution in [0, 0.1) is 4.77 Å². The smallest absolute Gasteiger partial charge is 0.337 e. The van der Waals surface area contributed by atoms with Crippen LogP contribution < -0.4 is 10.9 Å². The molecule has 144 valence electrons. The number of nitrogens with zero attached hydrogens (tertiary/aromatic N) is 1. The number of methoxy groups -OCH3 is 1. The van der Waals surface area contributed by atoms with E-state index in [4.69, 9.17) is 23.8 Å². The Bertz CT molecular complexity index is 1190. The minimum Gasteiger partial charge on any atom is -0.465 e. The average Bonchev–Trinajstić information content (AvgIpc) is 2.69. The predicted molar refractivity (Wildman–Crippen MR) is 108 cm³/mol. The van der Waals surface area contributed by atoms with Crippen LogP contribution in [0.1, 0.15) is 15.9 Å². The van der Waals surface area contributed by atoms with Crippen molar-refractivity contribution in [2.75, 3.05) is 7.11 Å². The van der Waals surface area contributed by atoms with Gasteiger partial charge in [-0.3, -0.25) is 14.2 Å². The maximum atomic E-state index is 12.7. The Labute approximate surface area is 169 Å². The highest BCUT2D eigenvalue weighted by atomic mass is 35.5. The number of H-pyrrole nitrogens is 1. The number of ether oxygens (including phenoxy) is 1. The van der Waals surface area contributed by atoms with Gasteiger partial charge in [0.1, 0.15) is 6.54 Å². The fourth-order valence-electron chi connectivity index (χ4n) is 2.68. The second-order valence-electron chi connectivity index (χ2n) is 5.94. The van der Waals surface area contributed by atoms with Gasteiger partial charge in [0, 0.05) is 11.6 Å². The van der Waals surface area contributed by atoms with Crippen molar-refractivity contribution in [2.24, 2.45) is 0 Å². The van der Waals surface area contributed by atoms with Gasteiger partial charge in [-0.05, 0) is 42.0 Å². The maximum absolute atomic E-state index is 12.7. The average molecular weight is 418 g/mol. The highest BCUT2D eigenvalue weighted by molar-refractivity contribution is 7.71. The molecular weight excluding hydrogens is 402 g/mol. The summed E-state index contributed by atoms with van der Waals surface area (Å²) in [5.74, 6) is -0.906. The van der Waals surface area contributed by atoms with Crippen molar-refractivity contribution in [1.82, 2.24) is 14.9 Å². The lowest BCUT2D eigenvalue weighted by Gasteiger charge is -2.10. The lowest BCUT2D eigenvalue weighted by molar-refractivity contribution is -0.121. The topological polar surface area (TPSA) is 93.2 Å². The van der Waals surface area contributed by atoms with Crippen molar-refractivity contribution < 1.29 is 14.3 Å². The highest BCUT2D eigenvalue weighted by Crippen LogP contribution is 2.14.